The van der Waals surface area contributed by atoms with E-state index in [-0.39, 0.29) is 0 Å². The second-order valence-electron chi connectivity index (χ2n) is 6.07. The molecule has 2 atom stereocenters. The molecule has 0 bridgehead atoms. The minimum absolute atomic E-state index is 0.735. The molecule has 0 N–H and O–H groups in total. The Bertz CT molecular complexity index is 209. The lowest BCUT2D eigenvalue weighted by molar-refractivity contribution is 0.00277. The quantitative estimate of drug-likeness (QED) is 0.654. The highest BCUT2D eigenvalue weighted by atomic mass is 15.2. The Morgan fingerprint density at radius 3 is 2.21 bits per heavy atom. The van der Waals surface area contributed by atoms with E-state index in [4.69, 9.17) is 0 Å². The number of nitrogens with zero attached hydrogens (tertiary/aromatic N) is 1. The molecular weight excluding hydrogens is 170 g/mol. The van der Waals surface area contributed by atoms with Crippen LogP contribution in [0.5, 0.6) is 0 Å². The van der Waals surface area contributed by atoms with Crippen molar-refractivity contribution in [2.75, 3.05) is 13.1 Å². The fourth-order valence-corrected chi connectivity index (χ4v) is 3.64. The minimum atomic E-state index is 0.735. The van der Waals surface area contributed by atoms with Gasteiger partial charge in [-0.2, -0.15) is 0 Å². The van der Waals surface area contributed by atoms with Crippen molar-refractivity contribution in [3.8, 4) is 0 Å². The summed E-state index contributed by atoms with van der Waals surface area (Å²) in [6.07, 6.45) is 4.46. The molecule has 1 saturated heterocycles. The summed E-state index contributed by atoms with van der Waals surface area (Å²) >= 11 is 0. The van der Waals surface area contributed by atoms with Crippen LogP contribution in [-0.4, -0.2) is 24.0 Å². The monoisotopic (exact) mass is 195 g/mol. The number of hydrogen-bond acceptors (Lipinski definition) is 1. The van der Waals surface area contributed by atoms with Gasteiger partial charge in [0.15, 0.2) is 0 Å². The summed E-state index contributed by atoms with van der Waals surface area (Å²) in [6.45, 7) is 12.2. The van der Waals surface area contributed by atoms with E-state index in [1.165, 1.54) is 32.4 Å². The first-order valence-corrected chi connectivity index (χ1v) is 6.29. The highest BCUT2D eigenvalue weighted by Gasteiger charge is 2.51. The fourth-order valence-electron chi connectivity index (χ4n) is 3.64. The van der Waals surface area contributed by atoms with Gasteiger partial charge in [-0.3, -0.25) is 0 Å². The molecule has 0 amide bonds. The van der Waals surface area contributed by atoms with Crippen molar-refractivity contribution in [3.63, 3.8) is 0 Å². The topological polar surface area (TPSA) is 3.24 Å². The van der Waals surface area contributed by atoms with Gasteiger partial charge in [0.05, 0.1) is 0 Å². The third-order valence-electron chi connectivity index (χ3n) is 4.69. The number of rotatable bonds is 2. The molecule has 1 spiro atoms. The molecular formula is C13H25N. The zero-order valence-corrected chi connectivity index (χ0v) is 10.2. The van der Waals surface area contributed by atoms with Crippen molar-refractivity contribution in [2.24, 2.45) is 17.3 Å². The van der Waals surface area contributed by atoms with Crippen molar-refractivity contribution in [1.82, 2.24) is 4.90 Å². The Morgan fingerprint density at radius 1 is 1.14 bits per heavy atom. The smallest absolute Gasteiger partial charge is 0.00439 e. The molecule has 1 aliphatic heterocycles. The summed E-state index contributed by atoms with van der Waals surface area (Å²) in [7, 11) is 0. The van der Waals surface area contributed by atoms with E-state index >= 15 is 0 Å². The molecule has 2 rings (SSSR count). The maximum atomic E-state index is 2.68. The SMILES string of the molecule is CC(C)C1CCC12CCN(C(C)C)C2. The van der Waals surface area contributed by atoms with E-state index in [1.807, 2.05) is 0 Å². The molecule has 1 heterocycles. The van der Waals surface area contributed by atoms with Crippen LogP contribution in [0.1, 0.15) is 47.0 Å². The van der Waals surface area contributed by atoms with Crippen LogP contribution in [0, 0.1) is 17.3 Å². The van der Waals surface area contributed by atoms with Crippen LogP contribution >= 0.6 is 0 Å². The van der Waals surface area contributed by atoms with Crippen LogP contribution in [0.15, 0.2) is 0 Å². The van der Waals surface area contributed by atoms with Crippen LogP contribution in [0.3, 0.4) is 0 Å². The summed E-state index contributed by atoms with van der Waals surface area (Å²) < 4.78 is 0. The fraction of sp³-hybridized carbons (Fsp3) is 1.00. The predicted molar refractivity (Wildman–Crippen MR) is 61.3 cm³/mol. The highest BCUT2D eigenvalue weighted by Crippen LogP contribution is 2.55. The van der Waals surface area contributed by atoms with Crippen LogP contribution in [0.2, 0.25) is 0 Å². The zero-order chi connectivity index (χ0) is 10.3. The number of hydrogen-bond donors (Lipinski definition) is 0. The first-order valence-electron chi connectivity index (χ1n) is 6.29. The van der Waals surface area contributed by atoms with E-state index in [0.29, 0.717) is 0 Å². The molecule has 82 valence electrons. The Hall–Kier alpha value is -0.0400. The third kappa shape index (κ3) is 1.50. The van der Waals surface area contributed by atoms with Crippen LogP contribution in [0.4, 0.5) is 0 Å². The first kappa shape index (κ1) is 10.5. The van der Waals surface area contributed by atoms with Crippen LogP contribution < -0.4 is 0 Å². The van der Waals surface area contributed by atoms with E-state index in [1.54, 1.807) is 0 Å². The third-order valence-corrected chi connectivity index (χ3v) is 4.69. The van der Waals surface area contributed by atoms with Crippen molar-refractivity contribution < 1.29 is 0 Å². The summed E-state index contributed by atoms with van der Waals surface area (Å²) in [5, 5.41) is 0. The average molecular weight is 195 g/mol. The average Bonchev–Trinajstić information content (AvgIpc) is 2.46. The second kappa shape index (κ2) is 3.52. The molecule has 14 heavy (non-hydrogen) atoms. The van der Waals surface area contributed by atoms with Crippen molar-refractivity contribution in [2.45, 2.75) is 53.0 Å². The zero-order valence-electron chi connectivity index (χ0n) is 10.2. The normalized spacial score (nSPS) is 38.6. The summed E-state index contributed by atoms with van der Waals surface area (Å²) in [4.78, 5) is 2.68. The summed E-state index contributed by atoms with van der Waals surface area (Å²) in [6, 6.07) is 0.753. The van der Waals surface area contributed by atoms with Gasteiger partial charge < -0.3 is 4.90 Å². The molecule has 1 aliphatic carbocycles. The Kier molecular flexibility index (Phi) is 2.63. The Balaban J connectivity index is 1.99. The summed E-state index contributed by atoms with van der Waals surface area (Å²) in [5.74, 6) is 1.92. The van der Waals surface area contributed by atoms with Crippen LogP contribution in [0.25, 0.3) is 0 Å². The lowest BCUT2D eigenvalue weighted by Gasteiger charge is -2.50. The van der Waals surface area contributed by atoms with E-state index < -0.39 is 0 Å². The van der Waals surface area contributed by atoms with Gasteiger partial charge in [0.1, 0.15) is 0 Å². The van der Waals surface area contributed by atoms with Crippen LogP contribution in [-0.2, 0) is 0 Å². The molecule has 0 aromatic carbocycles. The standard InChI is InChI=1S/C13H25N/c1-10(2)12-5-6-13(12)7-8-14(9-13)11(3)4/h10-12H,5-9H2,1-4H3. The molecule has 0 radical (unpaired) electrons. The minimum Gasteiger partial charge on any atom is -0.300 e. The lowest BCUT2D eigenvalue weighted by atomic mass is 9.56. The molecule has 2 unspecified atom stereocenters. The van der Waals surface area contributed by atoms with E-state index in [0.717, 1.165) is 23.3 Å². The maximum absolute atomic E-state index is 2.68. The summed E-state index contributed by atoms with van der Waals surface area (Å²) in [5.41, 5.74) is 0.735. The molecule has 1 nitrogen and oxygen atoms in total. The molecule has 0 aromatic rings. The van der Waals surface area contributed by atoms with Gasteiger partial charge in [-0.25, -0.2) is 0 Å². The molecule has 2 fully saturated rings. The molecule has 1 heteroatoms. The Morgan fingerprint density at radius 2 is 1.86 bits per heavy atom. The van der Waals surface area contributed by atoms with Crippen molar-refractivity contribution in [3.05, 3.63) is 0 Å². The largest absolute Gasteiger partial charge is 0.300 e. The molecule has 2 aliphatic rings. The maximum Gasteiger partial charge on any atom is 0.00439 e. The lowest BCUT2D eigenvalue weighted by Crippen LogP contribution is -2.45. The predicted octanol–water partition coefficient (Wildman–Crippen LogP) is 3.15. The van der Waals surface area contributed by atoms with Gasteiger partial charge in [-0.05, 0) is 56.9 Å². The van der Waals surface area contributed by atoms with Gasteiger partial charge in [-0.1, -0.05) is 13.8 Å². The second-order valence-corrected chi connectivity index (χ2v) is 6.07. The van der Waals surface area contributed by atoms with Crippen molar-refractivity contribution in [1.29, 1.82) is 0 Å². The van der Waals surface area contributed by atoms with Gasteiger partial charge in [0.2, 0.25) is 0 Å². The first-order chi connectivity index (χ1) is 6.55. The van der Waals surface area contributed by atoms with Gasteiger partial charge in [0, 0.05) is 12.6 Å². The van der Waals surface area contributed by atoms with E-state index in [9.17, 15) is 0 Å². The van der Waals surface area contributed by atoms with Gasteiger partial charge >= 0.3 is 0 Å². The molecule has 1 saturated carbocycles. The highest BCUT2D eigenvalue weighted by molar-refractivity contribution is 5.02. The molecule has 0 aromatic heterocycles. The van der Waals surface area contributed by atoms with Gasteiger partial charge in [-0.15, -0.1) is 0 Å². The van der Waals surface area contributed by atoms with Gasteiger partial charge in [0.25, 0.3) is 0 Å². The van der Waals surface area contributed by atoms with E-state index in [2.05, 4.69) is 32.6 Å². The Labute approximate surface area is 88.9 Å². The number of likely N-dealkylation sites (tertiary alicyclic amines) is 1. The van der Waals surface area contributed by atoms with Crippen molar-refractivity contribution >= 4 is 0 Å².